The fraction of sp³-hybridized carbons (Fsp3) is 0.231. The molecule has 0 saturated carbocycles. The van der Waals surface area contributed by atoms with Gasteiger partial charge in [-0.25, -0.2) is 22.0 Å². The van der Waals surface area contributed by atoms with E-state index in [2.05, 4.69) is 10.6 Å². The smallest absolute Gasteiger partial charge is 0.266 e. The minimum atomic E-state index is -2.20. The molecule has 1 amide bonds. The van der Waals surface area contributed by atoms with E-state index in [0.29, 0.717) is 21.4 Å². The van der Waals surface area contributed by atoms with Crippen LogP contribution in [0.25, 0.3) is 0 Å². The molecular weight excluding hydrogens is 634 g/mol. The number of hydrogen-bond acceptors (Lipinski definition) is 5. The Kier molecular flexibility index (Phi) is 9.68. The molecule has 4 rings (SSSR count). The Morgan fingerprint density at radius 3 is 2.02 bits per heavy atom. The molecule has 2 N–H and O–H groups in total. The average Bonchev–Trinajstić information content (AvgIpc) is 2.93. The van der Waals surface area contributed by atoms with Crippen molar-refractivity contribution in [2.24, 2.45) is 0 Å². The molecule has 1 fully saturated rings. The van der Waals surface area contributed by atoms with E-state index in [1.54, 1.807) is 29.2 Å². The van der Waals surface area contributed by atoms with Gasteiger partial charge in [-0.2, -0.15) is 0 Å². The molecule has 15 heteroatoms. The summed E-state index contributed by atoms with van der Waals surface area (Å²) in [4.78, 5) is 15.4. The fourth-order valence-electron chi connectivity index (χ4n) is 4.07. The number of halogens is 8. The third-order valence-corrected chi connectivity index (χ3v) is 7.17. The number of benzene rings is 3. The summed E-state index contributed by atoms with van der Waals surface area (Å²) in [6, 6.07) is 9.45. The first kappa shape index (κ1) is 30.9. The number of carbonyl (C=O) groups excluding carboxylic acids is 1. The minimum Gasteiger partial charge on any atom is -0.479 e. The van der Waals surface area contributed by atoms with E-state index < -0.39 is 46.8 Å². The second-order valence-corrected chi connectivity index (χ2v) is 10.5. The third-order valence-electron chi connectivity index (χ3n) is 6.13. The van der Waals surface area contributed by atoms with Gasteiger partial charge in [0.25, 0.3) is 5.91 Å². The molecule has 3 aromatic carbocycles. The first-order valence-corrected chi connectivity index (χ1v) is 13.5. The van der Waals surface area contributed by atoms with Crippen molar-refractivity contribution in [3.63, 3.8) is 0 Å². The van der Waals surface area contributed by atoms with Crippen molar-refractivity contribution in [1.82, 2.24) is 5.32 Å². The number of amides is 1. The SMILES string of the molecule is CC(Oc1ccc(Cl)cc1Cl)C(=O)NC(=S)Nc1ccc(N2CCN(c3c(F)c(F)c(F)c(F)c3F)CC2)c(Cl)c1. The van der Waals surface area contributed by atoms with Gasteiger partial charge in [0, 0.05) is 36.9 Å². The molecule has 0 spiro atoms. The summed E-state index contributed by atoms with van der Waals surface area (Å²) in [7, 11) is 0. The van der Waals surface area contributed by atoms with E-state index in [1.165, 1.54) is 19.1 Å². The second-order valence-electron chi connectivity index (χ2n) is 8.84. The summed E-state index contributed by atoms with van der Waals surface area (Å²) in [5.74, 6) is -10.2. The molecule has 1 heterocycles. The van der Waals surface area contributed by atoms with Gasteiger partial charge in [0.1, 0.15) is 11.4 Å². The maximum atomic E-state index is 14.2. The first-order chi connectivity index (χ1) is 19.4. The molecule has 0 aliphatic carbocycles. The minimum absolute atomic E-state index is 0.0205. The standard InChI is InChI=1S/C26H20Cl3F5N4O2S/c1-12(40-18-5-2-13(27)10-16(18)29)25(39)36-26(41)35-14-3-4-17(15(28)11-14)37-6-8-38(9-7-37)24-22(33)20(31)19(30)21(32)23(24)34/h2-5,10-12H,6-9H2,1H3,(H2,35,36,39,41). The van der Waals surface area contributed by atoms with Gasteiger partial charge in [0.05, 0.1) is 15.7 Å². The maximum Gasteiger partial charge on any atom is 0.266 e. The molecule has 1 aliphatic heterocycles. The number of nitrogens with zero attached hydrogens (tertiary/aromatic N) is 2. The van der Waals surface area contributed by atoms with Crippen LogP contribution >= 0.6 is 47.0 Å². The van der Waals surface area contributed by atoms with Crippen LogP contribution in [-0.2, 0) is 4.79 Å². The zero-order chi connectivity index (χ0) is 30.0. The van der Waals surface area contributed by atoms with Crippen molar-refractivity contribution < 1.29 is 31.5 Å². The van der Waals surface area contributed by atoms with Crippen LogP contribution in [0, 0.1) is 29.1 Å². The summed E-state index contributed by atoms with van der Waals surface area (Å²) in [5.41, 5.74) is 0.0720. The zero-order valence-electron chi connectivity index (χ0n) is 21.0. The van der Waals surface area contributed by atoms with Crippen molar-refractivity contribution in [3.05, 3.63) is 80.6 Å². The van der Waals surface area contributed by atoms with E-state index in [4.69, 9.17) is 51.8 Å². The van der Waals surface area contributed by atoms with Crippen LogP contribution in [0.3, 0.4) is 0 Å². The Morgan fingerprint density at radius 1 is 0.854 bits per heavy atom. The van der Waals surface area contributed by atoms with E-state index >= 15 is 0 Å². The summed E-state index contributed by atoms with van der Waals surface area (Å²) in [6.45, 7) is 1.85. The number of thiocarbonyl (C=S) groups is 1. The molecule has 0 aromatic heterocycles. The molecule has 1 unspecified atom stereocenters. The highest BCUT2D eigenvalue weighted by molar-refractivity contribution is 7.80. The van der Waals surface area contributed by atoms with Crippen molar-refractivity contribution in [2.75, 3.05) is 41.3 Å². The lowest BCUT2D eigenvalue weighted by atomic mass is 10.2. The summed E-state index contributed by atoms with van der Waals surface area (Å²) in [6.07, 6.45) is -0.942. The highest BCUT2D eigenvalue weighted by atomic mass is 35.5. The van der Waals surface area contributed by atoms with Crippen LogP contribution in [0.4, 0.5) is 39.0 Å². The number of ether oxygens (including phenoxy) is 1. The molecule has 3 aromatic rings. The number of carbonyl (C=O) groups is 1. The van der Waals surface area contributed by atoms with Crippen LogP contribution in [0.1, 0.15) is 6.92 Å². The molecule has 1 saturated heterocycles. The summed E-state index contributed by atoms with van der Waals surface area (Å²) >= 11 is 23.6. The largest absolute Gasteiger partial charge is 0.479 e. The molecule has 1 atom stereocenters. The van der Waals surface area contributed by atoms with Gasteiger partial charge in [0.15, 0.2) is 34.5 Å². The van der Waals surface area contributed by atoms with Gasteiger partial charge in [-0.1, -0.05) is 34.8 Å². The number of piperazine rings is 1. The lowest BCUT2D eigenvalue weighted by molar-refractivity contribution is -0.125. The molecule has 0 radical (unpaired) electrons. The number of rotatable bonds is 6. The van der Waals surface area contributed by atoms with Gasteiger partial charge in [-0.05, 0) is 55.5 Å². The monoisotopic (exact) mass is 652 g/mol. The summed E-state index contributed by atoms with van der Waals surface area (Å²) < 4.78 is 74.7. The predicted octanol–water partition coefficient (Wildman–Crippen LogP) is 6.95. The predicted molar refractivity (Wildman–Crippen MR) is 153 cm³/mol. The van der Waals surface area contributed by atoms with Gasteiger partial charge < -0.3 is 19.9 Å². The number of hydrogen-bond donors (Lipinski definition) is 2. The van der Waals surface area contributed by atoms with Crippen LogP contribution in [-0.4, -0.2) is 43.3 Å². The Labute approximate surface area is 251 Å². The summed E-state index contributed by atoms with van der Waals surface area (Å²) in [5, 5.41) is 6.28. The van der Waals surface area contributed by atoms with Gasteiger partial charge in [0.2, 0.25) is 5.82 Å². The maximum absolute atomic E-state index is 14.2. The van der Waals surface area contributed by atoms with Gasteiger partial charge >= 0.3 is 0 Å². The Bertz CT molecular complexity index is 1480. The van der Waals surface area contributed by atoms with Gasteiger partial charge in [-0.15, -0.1) is 0 Å². The van der Waals surface area contributed by atoms with Crippen LogP contribution in [0.5, 0.6) is 5.75 Å². The van der Waals surface area contributed by atoms with Crippen LogP contribution in [0.15, 0.2) is 36.4 Å². The molecule has 0 bridgehead atoms. The second kappa shape index (κ2) is 12.8. The zero-order valence-corrected chi connectivity index (χ0v) is 24.1. The van der Waals surface area contributed by atoms with Crippen molar-refractivity contribution in [1.29, 1.82) is 0 Å². The van der Waals surface area contributed by atoms with Gasteiger partial charge in [-0.3, -0.25) is 10.1 Å². The average molecular weight is 654 g/mol. The Balaban J connectivity index is 1.34. The highest BCUT2D eigenvalue weighted by Crippen LogP contribution is 2.34. The highest BCUT2D eigenvalue weighted by Gasteiger charge is 2.31. The van der Waals surface area contributed by atoms with E-state index in [0.717, 1.165) is 4.90 Å². The first-order valence-electron chi connectivity index (χ1n) is 11.9. The lowest BCUT2D eigenvalue weighted by Gasteiger charge is -2.38. The lowest BCUT2D eigenvalue weighted by Crippen LogP contribution is -2.47. The molecular formula is C26H20Cl3F5N4O2S. The molecule has 1 aliphatic rings. The van der Waals surface area contributed by atoms with E-state index in [1.807, 2.05) is 0 Å². The van der Waals surface area contributed by atoms with Crippen molar-refractivity contribution >= 4 is 75.1 Å². The normalized spacial score (nSPS) is 14.1. The molecule has 6 nitrogen and oxygen atoms in total. The van der Waals surface area contributed by atoms with Crippen molar-refractivity contribution in [3.8, 4) is 5.75 Å². The van der Waals surface area contributed by atoms with Crippen LogP contribution in [0.2, 0.25) is 15.1 Å². The Morgan fingerprint density at radius 2 is 1.44 bits per heavy atom. The van der Waals surface area contributed by atoms with E-state index in [9.17, 15) is 26.7 Å². The quantitative estimate of drug-likeness (QED) is 0.130. The van der Waals surface area contributed by atoms with E-state index in [-0.39, 0.29) is 42.1 Å². The van der Waals surface area contributed by atoms with Crippen LogP contribution < -0.4 is 25.2 Å². The number of anilines is 3. The molecule has 218 valence electrons. The number of nitrogens with one attached hydrogen (secondary N) is 2. The topological polar surface area (TPSA) is 56.8 Å². The third kappa shape index (κ3) is 6.88. The fourth-order valence-corrected chi connectivity index (χ4v) is 5.05. The van der Waals surface area contributed by atoms with Crippen molar-refractivity contribution in [2.45, 2.75) is 13.0 Å². The molecule has 41 heavy (non-hydrogen) atoms. The Hall–Kier alpha value is -3.06.